The zero-order valence-corrected chi connectivity index (χ0v) is 10.8. The smallest absolute Gasteiger partial charge is 0.130 e. The van der Waals surface area contributed by atoms with Crippen molar-refractivity contribution in [2.24, 2.45) is 0 Å². The van der Waals surface area contributed by atoms with Crippen LogP contribution in [0.15, 0.2) is 42.7 Å². The fourth-order valence-corrected chi connectivity index (χ4v) is 2.38. The SMILES string of the molecule is c1ccc(-c2cc(NC3CCNCC3)ncn2)cc1. The number of piperidine rings is 1. The number of hydrogen-bond acceptors (Lipinski definition) is 4. The Morgan fingerprint density at radius 3 is 2.63 bits per heavy atom. The van der Waals surface area contributed by atoms with Gasteiger partial charge in [0.15, 0.2) is 0 Å². The molecule has 0 saturated carbocycles. The molecule has 1 aliphatic rings. The first-order chi connectivity index (χ1) is 9.42. The lowest BCUT2D eigenvalue weighted by molar-refractivity contribution is 0.478. The van der Waals surface area contributed by atoms with Gasteiger partial charge < -0.3 is 10.6 Å². The molecule has 98 valence electrons. The summed E-state index contributed by atoms with van der Waals surface area (Å²) < 4.78 is 0. The van der Waals surface area contributed by atoms with Crippen molar-refractivity contribution in [3.05, 3.63) is 42.7 Å². The van der Waals surface area contributed by atoms with Crippen LogP contribution in [0.3, 0.4) is 0 Å². The van der Waals surface area contributed by atoms with Crippen molar-refractivity contribution >= 4 is 5.82 Å². The van der Waals surface area contributed by atoms with Gasteiger partial charge in [-0.25, -0.2) is 9.97 Å². The molecule has 4 heteroatoms. The standard InChI is InChI=1S/C15H18N4/c1-2-4-12(5-3-1)14-10-15(18-11-17-14)19-13-6-8-16-9-7-13/h1-5,10-11,13,16H,6-9H2,(H,17,18,19). The number of rotatable bonds is 3. The van der Waals surface area contributed by atoms with Gasteiger partial charge in [0.25, 0.3) is 0 Å². The molecule has 0 spiro atoms. The monoisotopic (exact) mass is 254 g/mol. The van der Waals surface area contributed by atoms with E-state index in [2.05, 4.69) is 32.7 Å². The van der Waals surface area contributed by atoms with Gasteiger partial charge in [-0.3, -0.25) is 0 Å². The minimum Gasteiger partial charge on any atom is -0.367 e. The van der Waals surface area contributed by atoms with E-state index in [1.54, 1.807) is 6.33 Å². The molecular formula is C15H18N4. The average molecular weight is 254 g/mol. The number of aromatic nitrogens is 2. The highest BCUT2D eigenvalue weighted by Gasteiger charge is 2.13. The highest BCUT2D eigenvalue weighted by molar-refractivity contribution is 5.61. The van der Waals surface area contributed by atoms with Crippen LogP contribution in [-0.2, 0) is 0 Å². The second-order valence-electron chi connectivity index (χ2n) is 4.82. The van der Waals surface area contributed by atoms with E-state index in [4.69, 9.17) is 0 Å². The molecule has 2 aromatic rings. The third-order valence-electron chi connectivity index (χ3n) is 3.43. The summed E-state index contributed by atoms with van der Waals surface area (Å²) >= 11 is 0. The first kappa shape index (κ1) is 12.1. The molecule has 19 heavy (non-hydrogen) atoms. The molecule has 4 nitrogen and oxygen atoms in total. The molecule has 1 saturated heterocycles. The normalized spacial score (nSPS) is 16.2. The molecule has 1 aromatic heterocycles. The predicted octanol–water partition coefficient (Wildman–Crippen LogP) is 2.31. The minimum atomic E-state index is 0.514. The predicted molar refractivity (Wildman–Crippen MR) is 77.0 cm³/mol. The van der Waals surface area contributed by atoms with Gasteiger partial charge in [0.05, 0.1) is 5.69 Å². The topological polar surface area (TPSA) is 49.8 Å². The molecule has 0 aliphatic carbocycles. The summed E-state index contributed by atoms with van der Waals surface area (Å²) in [6.45, 7) is 2.16. The summed E-state index contributed by atoms with van der Waals surface area (Å²) in [4.78, 5) is 8.66. The highest BCUT2D eigenvalue weighted by Crippen LogP contribution is 2.19. The van der Waals surface area contributed by atoms with Crippen molar-refractivity contribution in [3.63, 3.8) is 0 Å². The van der Waals surface area contributed by atoms with Gasteiger partial charge >= 0.3 is 0 Å². The lowest BCUT2D eigenvalue weighted by Gasteiger charge is -2.24. The Bertz CT molecular complexity index is 521. The van der Waals surface area contributed by atoms with Gasteiger partial charge in [0, 0.05) is 17.7 Å². The molecule has 0 amide bonds. The van der Waals surface area contributed by atoms with Crippen molar-refractivity contribution in [3.8, 4) is 11.3 Å². The minimum absolute atomic E-state index is 0.514. The molecule has 3 rings (SSSR count). The Labute approximate surface area is 113 Å². The van der Waals surface area contributed by atoms with E-state index < -0.39 is 0 Å². The maximum absolute atomic E-state index is 4.34. The fraction of sp³-hybridized carbons (Fsp3) is 0.333. The quantitative estimate of drug-likeness (QED) is 0.882. The Balaban J connectivity index is 1.76. The summed E-state index contributed by atoms with van der Waals surface area (Å²) in [7, 11) is 0. The van der Waals surface area contributed by atoms with Crippen LogP contribution in [0.4, 0.5) is 5.82 Å². The molecule has 2 N–H and O–H groups in total. The number of nitrogens with one attached hydrogen (secondary N) is 2. The Hall–Kier alpha value is -1.94. The maximum Gasteiger partial charge on any atom is 0.130 e. The van der Waals surface area contributed by atoms with E-state index in [1.165, 1.54) is 0 Å². The molecule has 1 aromatic carbocycles. The third-order valence-corrected chi connectivity index (χ3v) is 3.43. The average Bonchev–Trinajstić information content (AvgIpc) is 2.49. The van der Waals surface area contributed by atoms with Crippen molar-refractivity contribution in [2.45, 2.75) is 18.9 Å². The van der Waals surface area contributed by atoms with Crippen molar-refractivity contribution < 1.29 is 0 Å². The van der Waals surface area contributed by atoms with Crippen LogP contribution in [0.1, 0.15) is 12.8 Å². The summed E-state index contributed by atoms with van der Waals surface area (Å²) in [5.41, 5.74) is 2.09. The van der Waals surface area contributed by atoms with Crippen molar-refractivity contribution in [1.29, 1.82) is 0 Å². The Kier molecular flexibility index (Phi) is 3.70. The molecule has 0 atom stereocenters. The summed E-state index contributed by atoms with van der Waals surface area (Å²) in [6.07, 6.45) is 3.92. The van der Waals surface area contributed by atoms with E-state index in [0.717, 1.165) is 43.0 Å². The molecule has 0 radical (unpaired) electrons. The van der Waals surface area contributed by atoms with Gasteiger partial charge in [-0.05, 0) is 25.9 Å². The van der Waals surface area contributed by atoms with Crippen LogP contribution in [0.5, 0.6) is 0 Å². The first-order valence-corrected chi connectivity index (χ1v) is 6.76. The van der Waals surface area contributed by atoms with Gasteiger partial charge in [0.1, 0.15) is 12.1 Å². The fourth-order valence-electron chi connectivity index (χ4n) is 2.38. The second kappa shape index (κ2) is 5.80. The number of benzene rings is 1. The lowest BCUT2D eigenvalue weighted by Crippen LogP contribution is -2.35. The second-order valence-corrected chi connectivity index (χ2v) is 4.82. The van der Waals surface area contributed by atoms with E-state index >= 15 is 0 Å². The van der Waals surface area contributed by atoms with Gasteiger partial charge in [0.2, 0.25) is 0 Å². The van der Waals surface area contributed by atoms with Crippen molar-refractivity contribution in [1.82, 2.24) is 15.3 Å². The summed E-state index contributed by atoms with van der Waals surface area (Å²) in [5.74, 6) is 0.917. The molecule has 0 unspecified atom stereocenters. The maximum atomic E-state index is 4.34. The lowest BCUT2D eigenvalue weighted by atomic mass is 10.1. The van der Waals surface area contributed by atoms with Gasteiger partial charge in [-0.2, -0.15) is 0 Å². The third kappa shape index (κ3) is 3.09. The van der Waals surface area contributed by atoms with E-state index in [-0.39, 0.29) is 0 Å². The number of anilines is 1. The van der Waals surface area contributed by atoms with Crippen LogP contribution >= 0.6 is 0 Å². The molecule has 1 fully saturated rings. The first-order valence-electron chi connectivity index (χ1n) is 6.76. The largest absolute Gasteiger partial charge is 0.367 e. The Morgan fingerprint density at radius 2 is 1.84 bits per heavy atom. The van der Waals surface area contributed by atoms with Crippen LogP contribution in [0, 0.1) is 0 Å². The Morgan fingerprint density at radius 1 is 1.05 bits per heavy atom. The van der Waals surface area contributed by atoms with Crippen LogP contribution in [-0.4, -0.2) is 29.1 Å². The number of hydrogen-bond donors (Lipinski definition) is 2. The van der Waals surface area contributed by atoms with Crippen molar-refractivity contribution in [2.75, 3.05) is 18.4 Å². The van der Waals surface area contributed by atoms with E-state index in [0.29, 0.717) is 6.04 Å². The molecule has 0 bridgehead atoms. The van der Waals surface area contributed by atoms with E-state index in [9.17, 15) is 0 Å². The van der Waals surface area contributed by atoms with E-state index in [1.807, 2.05) is 24.3 Å². The van der Waals surface area contributed by atoms with Crippen LogP contribution < -0.4 is 10.6 Å². The summed E-state index contributed by atoms with van der Waals surface area (Å²) in [6, 6.07) is 12.7. The summed E-state index contributed by atoms with van der Waals surface area (Å²) in [5, 5.41) is 6.86. The number of nitrogens with zero attached hydrogens (tertiary/aromatic N) is 2. The van der Waals surface area contributed by atoms with Crippen LogP contribution in [0.2, 0.25) is 0 Å². The van der Waals surface area contributed by atoms with Gasteiger partial charge in [-0.1, -0.05) is 30.3 Å². The molecular weight excluding hydrogens is 236 g/mol. The highest BCUT2D eigenvalue weighted by atomic mass is 15.0. The molecule has 1 aliphatic heterocycles. The molecule has 2 heterocycles. The van der Waals surface area contributed by atoms with Crippen LogP contribution in [0.25, 0.3) is 11.3 Å². The zero-order chi connectivity index (χ0) is 12.9. The zero-order valence-electron chi connectivity index (χ0n) is 10.8. The van der Waals surface area contributed by atoms with Gasteiger partial charge in [-0.15, -0.1) is 0 Å².